The molecule has 0 aromatic heterocycles. The highest BCUT2D eigenvalue weighted by Gasteiger charge is 2.29. The fourth-order valence-electron chi connectivity index (χ4n) is 2.37. The molecule has 1 N–H and O–H groups in total. The van der Waals surface area contributed by atoms with Crippen molar-refractivity contribution in [3.63, 3.8) is 0 Å². The minimum Gasteiger partial charge on any atom is -0.376 e. The summed E-state index contributed by atoms with van der Waals surface area (Å²) in [5, 5.41) is 3.50. The summed E-state index contributed by atoms with van der Waals surface area (Å²) < 4.78 is 5.53. The van der Waals surface area contributed by atoms with E-state index in [-0.39, 0.29) is 0 Å². The second-order valence-electron chi connectivity index (χ2n) is 4.38. The van der Waals surface area contributed by atoms with E-state index in [4.69, 9.17) is 4.74 Å². The minimum absolute atomic E-state index is 0.421. The first-order valence-corrected chi connectivity index (χ1v) is 5.34. The molecular weight excluding hydrogens is 164 g/mol. The molecule has 3 heteroatoms. The van der Waals surface area contributed by atoms with Crippen LogP contribution >= 0.6 is 0 Å². The summed E-state index contributed by atoms with van der Waals surface area (Å²) in [6.45, 7) is 8.73. The van der Waals surface area contributed by atoms with Gasteiger partial charge < -0.3 is 10.1 Å². The summed E-state index contributed by atoms with van der Waals surface area (Å²) in [5.41, 5.74) is 0. The van der Waals surface area contributed by atoms with Crippen LogP contribution in [0.1, 0.15) is 20.3 Å². The van der Waals surface area contributed by atoms with E-state index in [1.165, 1.54) is 6.42 Å². The third-order valence-electron chi connectivity index (χ3n) is 3.12. The molecule has 13 heavy (non-hydrogen) atoms. The summed E-state index contributed by atoms with van der Waals surface area (Å²) in [4.78, 5) is 2.57. The molecule has 0 saturated carbocycles. The molecular formula is C10H20N2O. The van der Waals surface area contributed by atoms with E-state index in [1.807, 2.05) is 0 Å². The Kier molecular flexibility index (Phi) is 2.86. The minimum atomic E-state index is 0.421. The van der Waals surface area contributed by atoms with Crippen molar-refractivity contribution in [1.82, 2.24) is 10.2 Å². The second-order valence-corrected chi connectivity index (χ2v) is 4.38. The quantitative estimate of drug-likeness (QED) is 0.640. The van der Waals surface area contributed by atoms with Crippen LogP contribution in [-0.4, -0.2) is 49.3 Å². The van der Waals surface area contributed by atoms with Gasteiger partial charge in [-0.05, 0) is 20.3 Å². The van der Waals surface area contributed by atoms with Crippen molar-refractivity contribution in [2.75, 3.05) is 26.2 Å². The second kappa shape index (κ2) is 3.95. The monoisotopic (exact) mass is 184 g/mol. The van der Waals surface area contributed by atoms with Gasteiger partial charge in [0.25, 0.3) is 0 Å². The average molecular weight is 184 g/mol. The van der Waals surface area contributed by atoms with Crippen LogP contribution in [0.4, 0.5) is 0 Å². The van der Waals surface area contributed by atoms with Gasteiger partial charge in [0.15, 0.2) is 0 Å². The SMILES string of the molecule is CC1CC(N2CCOC(C)C2)CN1. The van der Waals surface area contributed by atoms with Crippen LogP contribution in [0.5, 0.6) is 0 Å². The molecule has 2 aliphatic rings. The van der Waals surface area contributed by atoms with E-state index in [0.29, 0.717) is 12.1 Å². The van der Waals surface area contributed by atoms with Crippen LogP contribution < -0.4 is 5.32 Å². The third-order valence-corrected chi connectivity index (χ3v) is 3.12. The number of hydrogen-bond acceptors (Lipinski definition) is 3. The van der Waals surface area contributed by atoms with Crippen molar-refractivity contribution < 1.29 is 4.74 Å². The van der Waals surface area contributed by atoms with Crippen LogP contribution in [-0.2, 0) is 4.74 Å². The lowest BCUT2D eigenvalue weighted by molar-refractivity contribution is -0.0314. The highest BCUT2D eigenvalue weighted by Crippen LogP contribution is 2.16. The van der Waals surface area contributed by atoms with Gasteiger partial charge in [0, 0.05) is 31.7 Å². The largest absolute Gasteiger partial charge is 0.376 e. The van der Waals surface area contributed by atoms with Gasteiger partial charge in [-0.2, -0.15) is 0 Å². The van der Waals surface area contributed by atoms with Crippen LogP contribution in [0.15, 0.2) is 0 Å². The first-order chi connectivity index (χ1) is 6.25. The summed E-state index contributed by atoms with van der Waals surface area (Å²) in [7, 11) is 0. The Hall–Kier alpha value is -0.120. The van der Waals surface area contributed by atoms with Crippen molar-refractivity contribution in [2.45, 2.75) is 38.5 Å². The molecule has 2 heterocycles. The topological polar surface area (TPSA) is 24.5 Å². The van der Waals surface area contributed by atoms with Gasteiger partial charge in [0.2, 0.25) is 0 Å². The zero-order valence-electron chi connectivity index (χ0n) is 8.62. The predicted molar refractivity (Wildman–Crippen MR) is 52.9 cm³/mol. The molecule has 0 aliphatic carbocycles. The van der Waals surface area contributed by atoms with Gasteiger partial charge in [0.1, 0.15) is 0 Å². The average Bonchev–Trinajstić information content (AvgIpc) is 2.52. The van der Waals surface area contributed by atoms with E-state index in [0.717, 1.165) is 32.3 Å². The molecule has 0 aromatic carbocycles. The van der Waals surface area contributed by atoms with Crippen molar-refractivity contribution in [2.24, 2.45) is 0 Å². The standard InChI is InChI=1S/C10H20N2O/c1-8-5-10(6-11-8)12-3-4-13-9(2)7-12/h8-11H,3-7H2,1-2H3. The Bertz CT molecular complexity index is 174. The van der Waals surface area contributed by atoms with Gasteiger partial charge >= 0.3 is 0 Å². The van der Waals surface area contributed by atoms with E-state index in [1.54, 1.807) is 0 Å². The smallest absolute Gasteiger partial charge is 0.0674 e. The normalized spacial score (nSPS) is 42.5. The Morgan fingerprint density at radius 1 is 1.38 bits per heavy atom. The van der Waals surface area contributed by atoms with E-state index >= 15 is 0 Å². The number of hydrogen-bond donors (Lipinski definition) is 1. The van der Waals surface area contributed by atoms with Crippen molar-refractivity contribution in [3.05, 3.63) is 0 Å². The fraction of sp³-hybridized carbons (Fsp3) is 1.00. The first-order valence-electron chi connectivity index (χ1n) is 5.34. The van der Waals surface area contributed by atoms with E-state index in [2.05, 4.69) is 24.1 Å². The van der Waals surface area contributed by atoms with Gasteiger partial charge in [-0.3, -0.25) is 4.90 Å². The highest BCUT2D eigenvalue weighted by atomic mass is 16.5. The molecule has 0 amide bonds. The molecule has 0 aromatic rings. The lowest BCUT2D eigenvalue weighted by Crippen LogP contribution is -2.47. The number of morpholine rings is 1. The molecule has 3 atom stereocenters. The Labute approximate surface area is 80.4 Å². The molecule has 2 fully saturated rings. The Balaban J connectivity index is 1.85. The van der Waals surface area contributed by atoms with Gasteiger partial charge in [-0.15, -0.1) is 0 Å². The summed E-state index contributed by atoms with van der Waals surface area (Å²) in [6, 6.07) is 1.45. The molecule has 3 unspecified atom stereocenters. The van der Waals surface area contributed by atoms with Crippen molar-refractivity contribution in [1.29, 1.82) is 0 Å². The molecule has 0 spiro atoms. The summed E-state index contributed by atoms with van der Waals surface area (Å²) >= 11 is 0. The number of nitrogens with zero attached hydrogens (tertiary/aromatic N) is 1. The Morgan fingerprint density at radius 3 is 2.85 bits per heavy atom. The number of nitrogens with one attached hydrogen (secondary N) is 1. The third kappa shape index (κ3) is 2.22. The maximum Gasteiger partial charge on any atom is 0.0674 e. The van der Waals surface area contributed by atoms with Gasteiger partial charge in [-0.1, -0.05) is 0 Å². The lowest BCUT2D eigenvalue weighted by Gasteiger charge is -2.35. The molecule has 2 saturated heterocycles. The zero-order valence-corrected chi connectivity index (χ0v) is 8.62. The van der Waals surface area contributed by atoms with Crippen LogP contribution in [0.3, 0.4) is 0 Å². The summed E-state index contributed by atoms with van der Waals surface area (Å²) in [5.74, 6) is 0. The fourth-order valence-corrected chi connectivity index (χ4v) is 2.37. The predicted octanol–water partition coefficient (Wildman–Crippen LogP) is 0.457. The molecule has 76 valence electrons. The maximum absolute atomic E-state index is 5.53. The number of rotatable bonds is 1. The summed E-state index contributed by atoms with van der Waals surface area (Å²) in [6.07, 6.45) is 1.72. The van der Waals surface area contributed by atoms with Crippen molar-refractivity contribution in [3.8, 4) is 0 Å². The van der Waals surface area contributed by atoms with E-state index in [9.17, 15) is 0 Å². The zero-order chi connectivity index (χ0) is 9.26. The Morgan fingerprint density at radius 2 is 2.23 bits per heavy atom. The maximum atomic E-state index is 5.53. The number of ether oxygens (including phenoxy) is 1. The van der Waals surface area contributed by atoms with Crippen molar-refractivity contribution >= 4 is 0 Å². The first kappa shape index (κ1) is 9.44. The molecule has 0 bridgehead atoms. The van der Waals surface area contributed by atoms with Gasteiger partial charge in [0.05, 0.1) is 12.7 Å². The van der Waals surface area contributed by atoms with Crippen LogP contribution in [0, 0.1) is 0 Å². The van der Waals surface area contributed by atoms with E-state index < -0.39 is 0 Å². The van der Waals surface area contributed by atoms with Crippen LogP contribution in [0.2, 0.25) is 0 Å². The molecule has 2 rings (SSSR count). The van der Waals surface area contributed by atoms with Crippen LogP contribution in [0.25, 0.3) is 0 Å². The molecule has 2 aliphatic heterocycles. The molecule has 3 nitrogen and oxygen atoms in total. The highest BCUT2D eigenvalue weighted by molar-refractivity contribution is 4.87. The van der Waals surface area contributed by atoms with Gasteiger partial charge in [-0.25, -0.2) is 0 Å². The molecule has 0 radical (unpaired) electrons. The lowest BCUT2D eigenvalue weighted by atomic mass is 10.1.